The van der Waals surface area contributed by atoms with Gasteiger partial charge in [-0.05, 0) is 43.7 Å². The average Bonchev–Trinajstić information content (AvgIpc) is 3.11. The Morgan fingerprint density at radius 2 is 2.07 bits per heavy atom. The van der Waals surface area contributed by atoms with Crippen molar-refractivity contribution in [2.24, 2.45) is 4.99 Å². The van der Waals surface area contributed by atoms with Crippen molar-refractivity contribution in [1.82, 2.24) is 25.2 Å². The topological polar surface area (TPSA) is 95.7 Å². The number of anilines is 1. The number of carbonyl (C=O) groups is 1. The number of hydrogen-bond acceptors (Lipinski definition) is 4. The fraction of sp³-hybridized carbons (Fsp3) is 0.300. The van der Waals surface area contributed by atoms with Crippen molar-refractivity contribution >= 4 is 34.8 Å². The summed E-state index contributed by atoms with van der Waals surface area (Å²) in [6.07, 6.45) is 2.18. The lowest BCUT2D eigenvalue weighted by atomic mass is 10.2. The first-order valence-electron chi connectivity index (χ1n) is 9.43. The monoisotopic (exact) mass is 413 g/mol. The highest BCUT2D eigenvalue weighted by atomic mass is 35.5. The van der Waals surface area contributed by atoms with Gasteiger partial charge in [0.15, 0.2) is 17.4 Å². The van der Waals surface area contributed by atoms with E-state index in [1.54, 1.807) is 6.07 Å². The van der Waals surface area contributed by atoms with Crippen LogP contribution in [0, 0.1) is 6.92 Å². The Bertz CT molecular complexity index is 1010. The number of rotatable bonds is 7. The van der Waals surface area contributed by atoms with Gasteiger partial charge in [0.1, 0.15) is 6.54 Å². The van der Waals surface area contributed by atoms with E-state index < -0.39 is 0 Å². The van der Waals surface area contributed by atoms with Gasteiger partial charge in [0.2, 0.25) is 5.91 Å². The van der Waals surface area contributed by atoms with Crippen LogP contribution in [0.25, 0.3) is 5.65 Å². The van der Waals surface area contributed by atoms with Crippen LogP contribution in [0.3, 0.4) is 0 Å². The summed E-state index contributed by atoms with van der Waals surface area (Å²) in [5.41, 5.74) is 2.44. The van der Waals surface area contributed by atoms with Crippen LogP contribution in [0.15, 0.2) is 47.6 Å². The second-order valence-electron chi connectivity index (χ2n) is 6.45. The largest absolute Gasteiger partial charge is 0.357 e. The third kappa shape index (κ3) is 5.68. The van der Waals surface area contributed by atoms with Crippen LogP contribution in [0.4, 0.5) is 5.69 Å². The lowest BCUT2D eigenvalue weighted by Crippen LogP contribution is -2.38. The van der Waals surface area contributed by atoms with Gasteiger partial charge >= 0.3 is 0 Å². The Morgan fingerprint density at radius 1 is 1.21 bits per heavy atom. The summed E-state index contributed by atoms with van der Waals surface area (Å²) in [5, 5.41) is 18.0. The highest BCUT2D eigenvalue weighted by Gasteiger charge is 2.08. The number of carbonyl (C=O) groups excluding carboxylic acids is 1. The normalized spacial score (nSPS) is 11.5. The number of benzene rings is 1. The zero-order chi connectivity index (χ0) is 20.6. The quantitative estimate of drug-likeness (QED) is 0.409. The molecule has 0 unspecified atom stereocenters. The number of aliphatic imine (C=N–C) groups is 1. The number of fused-ring (bicyclic) bond motifs is 1. The van der Waals surface area contributed by atoms with Crippen LogP contribution in [0.2, 0.25) is 5.02 Å². The number of aromatic nitrogens is 3. The molecule has 0 bridgehead atoms. The highest BCUT2D eigenvalue weighted by molar-refractivity contribution is 6.33. The maximum atomic E-state index is 12.2. The molecule has 0 radical (unpaired) electrons. The summed E-state index contributed by atoms with van der Waals surface area (Å²) in [6, 6.07) is 11.3. The molecule has 0 saturated heterocycles. The molecule has 0 aliphatic heterocycles. The van der Waals surface area contributed by atoms with E-state index in [2.05, 4.69) is 31.1 Å². The molecule has 29 heavy (non-hydrogen) atoms. The zero-order valence-electron chi connectivity index (χ0n) is 16.4. The van der Waals surface area contributed by atoms with Crippen molar-refractivity contribution in [3.63, 3.8) is 0 Å². The molecule has 0 aliphatic carbocycles. The van der Waals surface area contributed by atoms with Gasteiger partial charge in [-0.1, -0.05) is 23.7 Å². The fourth-order valence-electron chi connectivity index (χ4n) is 2.72. The minimum Gasteiger partial charge on any atom is -0.357 e. The van der Waals surface area contributed by atoms with E-state index >= 15 is 0 Å². The van der Waals surface area contributed by atoms with Gasteiger partial charge in [0.25, 0.3) is 0 Å². The van der Waals surface area contributed by atoms with E-state index in [-0.39, 0.29) is 12.3 Å². The Labute approximate surface area is 174 Å². The maximum Gasteiger partial charge on any atom is 0.226 e. The summed E-state index contributed by atoms with van der Waals surface area (Å²) >= 11 is 6.16. The molecule has 2 aromatic heterocycles. The third-order valence-corrected chi connectivity index (χ3v) is 4.46. The predicted octanol–water partition coefficient (Wildman–Crippen LogP) is 2.78. The van der Waals surface area contributed by atoms with E-state index in [9.17, 15) is 4.79 Å². The molecule has 3 N–H and O–H groups in total. The van der Waals surface area contributed by atoms with Crippen LogP contribution in [-0.2, 0) is 11.3 Å². The minimum atomic E-state index is -0.123. The minimum absolute atomic E-state index is 0.123. The van der Waals surface area contributed by atoms with E-state index in [1.807, 2.05) is 54.8 Å². The van der Waals surface area contributed by atoms with Gasteiger partial charge in [0, 0.05) is 25.7 Å². The van der Waals surface area contributed by atoms with Gasteiger partial charge in [-0.15, -0.1) is 10.2 Å². The number of nitrogens with one attached hydrogen (secondary N) is 3. The fourth-order valence-corrected chi connectivity index (χ4v) is 3.00. The van der Waals surface area contributed by atoms with Crippen LogP contribution in [0.5, 0.6) is 0 Å². The second-order valence-corrected chi connectivity index (χ2v) is 6.86. The number of amides is 1. The van der Waals surface area contributed by atoms with Gasteiger partial charge in [-0.25, -0.2) is 4.99 Å². The first-order valence-corrected chi connectivity index (χ1v) is 9.81. The smallest absolute Gasteiger partial charge is 0.226 e. The summed E-state index contributed by atoms with van der Waals surface area (Å²) in [7, 11) is 0. The molecule has 2 heterocycles. The molecule has 8 nitrogen and oxygen atoms in total. The molecule has 0 atom stereocenters. The van der Waals surface area contributed by atoms with E-state index in [0.717, 1.165) is 17.0 Å². The zero-order valence-corrected chi connectivity index (χ0v) is 17.2. The summed E-state index contributed by atoms with van der Waals surface area (Å²) < 4.78 is 1.89. The molecule has 1 aromatic carbocycles. The van der Waals surface area contributed by atoms with Gasteiger partial charge in [0.05, 0.1) is 10.7 Å². The molecule has 0 aliphatic rings. The number of halogens is 1. The van der Waals surface area contributed by atoms with E-state index in [0.29, 0.717) is 36.3 Å². The molecule has 9 heteroatoms. The molecular formula is C20H24ClN7O. The Balaban J connectivity index is 1.53. The average molecular weight is 414 g/mol. The molecule has 1 amide bonds. The number of hydrogen-bond donors (Lipinski definition) is 3. The van der Waals surface area contributed by atoms with Gasteiger partial charge in [-0.2, -0.15) is 0 Å². The number of aryl methyl sites for hydroxylation is 1. The van der Waals surface area contributed by atoms with Crippen molar-refractivity contribution in [2.45, 2.75) is 26.8 Å². The SMILES string of the molecule is CCNC(=NCc1nnc2ccccn12)NCCC(=O)Nc1ccc(C)cc1Cl. The molecule has 0 saturated carbocycles. The maximum absolute atomic E-state index is 12.2. The van der Waals surface area contributed by atoms with Gasteiger partial charge < -0.3 is 16.0 Å². The molecular weight excluding hydrogens is 390 g/mol. The van der Waals surface area contributed by atoms with Gasteiger partial charge in [-0.3, -0.25) is 9.20 Å². The lowest BCUT2D eigenvalue weighted by Gasteiger charge is -2.12. The van der Waals surface area contributed by atoms with E-state index in [4.69, 9.17) is 11.6 Å². The molecule has 3 rings (SSSR count). The Morgan fingerprint density at radius 3 is 2.86 bits per heavy atom. The highest BCUT2D eigenvalue weighted by Crippen LogP contribution is 2.22. The number of nitrogens with zero attached hydrogens (tertiary/aromatic N) is 4. The van der Waals surface area contributed by atoms with Crippen molar-refractivity contribution in [1.29, 1.82) is 0 Å². The van der Waals surface area contributed by atoms with E-state index in [1.165, 1.54) is 0 Å². The van der Waals surface area contributed by atoms with Crippen LogP contribution in [0.1, 0.15) is 24.7 Å². The van der Waals surface area contributed by atoms with Crippen molar-refractivity contribution in [3.8, 4) is 0 Å². The predicted molar refractivity (Wildman–Crippen MR) is 115 cm³/mol. The van der Waals surface area contributed by atoms with Crippen molar-refractivity contribution < 1.29 is 4.79 Å². The van der Waals surface area contributed by atoms with Crippen molar-refractivity contribution in [3.05, 3.63) is 59.0 Å². The number of pyridine rings is 1. The molecule has 3 aromatic rings. The van der Waals surface area contributed by atoms with Crippen molar-refractivity contribution in [2.75, 3.05) is 18.4 Å². The molecule has 0 fully saturated rings. The molecule has 0 spiro atoms. The van der Waals surface area contributed by atoms with Crippen LogP contribution >= 0.6 is 11.6 Å². The Hall–Kier alpha value is -3.13. The Kier molecular flexibility index (Phi) is 7.02. The first-order chi connectivity index (χ1) is 14.1. The standard InChI is InChI=1S/C20H24ClN7O/c1-3-22-20(24-13-18-27-26-17-6-4-5-11-28(17)18)23-10-9-19(29)25-16-8-7-14(2)12-15(16)21/h4-8,11-12H,3,9-10,13H2,1-2H3,(H,25,29)(H2,22,23,24). The second kappa shape index (κ2) is 9.88. The molecule has 152 valence electrons. The summed E-state index contributed by atoms with van der Waals surface area (Å²) in [6.45, 7) is 5.44. The number of guanidine groups is 1. The summed E-state index contributed by atoms with van der Waals surface area (Å²) in [4.78, 5) is 16.7. The first kappa shape index (κ1) is 20.6. The third-order valence-electron chi connectivity index (χ3n) is 4.15. The lowest BCUT2D eigenvalue weighted by molar-refractivity contribution is -0.116. The van der Waals surface area contributed by atoms with Crippen LogP contribution < -0.4 is 16.0 Å². The summed E-state index contributed by atoms with van der Waals surface area (Å²) in [5.74, 6) is 1.23. The van der Waals surface area contributed by atoms with Crippen LogP contribution in [-0.4, -0.2) is 39.6 Å².